The van der Waals surface area contributed by atoms with Gasteiger partial charge in [0.25, 0.3) is 0 Å². The number of aliphatic hydroxyl groups is 1. The first-order valence-corrected chi connectivity index (χ1v) is 4.44. The Balaban J connectivity index is 2.91. The summed E-state index contributed by atoms with van der Waals surface area (Å²) in [6.45, 7) is 1.77. The van der Waals surface area contributed by atoms with Gasteiger partial charge in [0.2, 0.25) is 0 Å². The van der Waals surface area contributed by atoms with Crippen molar-refractivity contribution >= 4 is 0 Å². The van der Waals surface area contributed by atoms with Crippen molar-refractivity contribution in [1.29, 1.82) is 0 Å². The molecular formula is C10H13F2NO. The molecule has 0 fully saturated rings. The molecule has 0 aromatic heterocycles. The van der Waals surface area contributed by atoms with Crippen molar-refractivity contribution in [2.75, 3.05) is 0 Å². The average Bonchev–Trinajstić information content (AvgIpc) is 2.20. The molecule has 1 aromatic rings. The molecule has 0 heterocycles. The zero-order valence-corrected chi connectivity index (χ0v) is 7.87. The van der Waals surface area contributed by atoms with Crippen LogP contribution >= 0.6 is 0 Å². The molecule has 14 heavy (non-hydrogen) atoms. The molecule has 0 bridgehead atoms. The predicted molar refractivity (Wildman–Crippen MR) is 49.6 cm³/mol. The van der Waals surface area contributed by atoms with Gasteiger partial charge in [-0.15, -0.1) is 0 Å². The summed E-state index contributed by atoms with van der Waals surface area (Å²) in [6, 6.07) is 2.73. The van der Waals surface area contributed by atoms with Gasteiger partial charge in [-0.3, -0.25) is 0 Å². The molecule has 0 aliphatic carbocycles. The molecule has 0 aliphatic rings. The van der Waals surface area contributed by atoms with Crippen molar-refractivity contribution in [3.63, 3.8) is 0 Å². The Bertz CT molecular complexity index is 317. The van der Waals surface area contributed by atoms with Gasteiger partial charge in [-0.1, -0.05) is 13.0 Å². The Morgan fingerprint density at radius 2 is 2.00 bits per heavy atom. The minimum atomic E-state index is -0.943. The SMILES string of the molecule is CC[C@H](O)[C@H](N)c1ccc(F)c(F)c1. The third-order valence-corrected chi connectivity index (χ3v) is 2.16. The van der Waals surface area contributed by atoms with E-state index < -0.39 is 23.8 Å². The number of halogens is 2. The Kier molecular flexibility index (Phi) is 3.55. The second-order valence-corrected chi connectivity index (χ2v) is 3.17. The normalized spacial score (nSPS) is 15.2. The van der Waals surface area contributed by atoms with Crippen molar-refractivity contribution in [2.45, 2.75) is 25.5 Å². The molecule has 1 aromatic carbocycles. The van der Waals surface area contributed by atoms with Crippen LogP contribution in [0.2, 0.25) is 0 Å². The van der Waals surface area contributed by atoms with Crippen LogP contribution in [0.5, 0.6) is 0 Å². The van der Waals surface area contributed by atoms with E-state index in [-0.39, 0.29) is 0 Å². The van der Waals surface area contributed by atoms with Crippen LogP contribution in [0.4, 0.5) is 8.78 Å². The molecule has 78 valence electrons. The van der Waals surface area contributed by atoms with Crippen LogP contribution in [0, 0.1) is 11.6 Å². The highest BCUT2D eigenvalue weighted by atomic mass is 19.2. The van der Waals surface area contributed by atoms with Crippen LogP contribution in [0.1, 0.15) is 24.9 Å². The summed E-state index contributed by atoms with van der Waals surface area (Å²) in [6.07, 6.45) is -0.264. The van der Waals surface area contributed by atoms with Crippen LogP contribution in [-0.2, 0) is 0 Å². The van der Waals surface area contributed by atoms with E-state index in [9.17, 15) is 13.9 Å². The summed E-state index contributed by atoms with van der Waals surface area (Å²) in [5, 5.41) is 9.40. The largest absolute Gasteiger partial charge is 0.391 e. The predicted octanol–water partition coefficient (Wildman–Crippen LogP) is 1.74. The van der Waals surface area contributed by atoms with Crippen molar-refractivity contribution in [1.82, 2.24) is 0 Å². The first-order chi connectivity index (χ1) is 6.56. The lowest BCUT2D eigenvalue weighted by atomic mass is 10.0. The molecule has 1 rings (SSSR count). The van der Waals surface area contributed by atoms with E-state index in [2.05, 4.69) is 0 Å². The number of aliphatic hydroxyl groups excluding tert-OH is 1. The highest BCUT2D eigenvalue weighted by molar-refractivity contribution is 5.21. The summed E-state index contributed by atoms with van der Waals surface area (Å²) in [5.74, 6) is -1.85. The van der Waals surface area contributed by atoms with Crippen molar-refractivity contribution in [3.8, 4) is 0 Å². The van der Waals surface area contributed by atoms with E-state index in [1.54, 1.807) is 6.92 Å². The smallest absolute Gasteiger partial charge is 0.159 e. The lowest BCUT2D eigenvalue weighted by molar-refractivity contribution is 0.140. The van der Waals surface area contributed by atoms with Crippen molar-refractivity contribution < 1.29 is 13.9 Å². The van der Waals surface area contributed by atoms with Gasteiger partial charge in [0.05, 0.1) is 12.1 Å². The van der Waals surface area contributed by atoms with Gasteiger partial charge in [0.15, 0.2) is 11.6 Å². The van der Waals surface area contributed by atoms with E-state index in [4.69, 9.17) is 5.73 Å². The summed E-state index contributed by atoms with van der Waals surface area (Å²) < 4.78 is 25.4. The number of rotatable bonds is 3. The number of hydrogen-bond donors (Lipinski definition) is 2. The Hall–Kier alpha value is -1.00. The van der Waals surface area contributed by atoms with Crippen molar-refractivity contribution in [2.24, 2.45) is 5.73 Å². The molecule has 3 N–H and O–H groups in total. The maximum absolute atomic E-state index is 12.8. The monoisotopic (exact) mass is 201 g/mol. The molecule has 0 unspecified atom stereocenters. The van der Waals surface area contributed by atoms with E-state index in [0.717, 1.165) is 12.1 Å². The minimum absolute atomic E-state index is 0.401. The van der Waals surface area contributed by atoms with E-state index in [1.165, 1.54) is 6.07 Å². The standard InChI is InChI=1S/C10H13F2NO/c1-2-9(14)10(13)6-3-4-7(11)8(12)5-6/h3-5,9-10,14H,2,13H2,1H3/t9-,10+/m0/s1. The number of hydrogen-bond acceptors (Lipinski definition) is 2. The highest BCUT2D eigenvalue weighted by Gasteiger charge is 2.16. The highest BCUT2D eigenvalue weighted by Crippen LogP contribution is 2.18. The van der Waals surface area contributed by atoms with E-state index in [0.29, 0.717) is 12.0 Å². The molecular weight excluding hydrogens is 188 g/mol. The first-order valence-electron chi connectivity index (χ1n) is 4.44. The molecule has 0 radical (unpaired) electrons. The summed E-state index contributed by atoms with van der Waals surface area (Å²) in [5.41, 5.74) is 6.03. The zero-order valence-electron chi connectivity index (χ0n) is 7.87. The fourth-order valence-corrected chi connectivity index (χ4v) is 1.20. The van der Waals surface area contributed by atoms with E-state index in [1.807, 2.05) is 0 Å². The maximum Gasteiger partial charge on any atom is 0.159 e. The number of benzene rings is 1. The number of nitrogens with two attached hydrogens (primary N) is 1. The Morgan fingerprint density at radius 3 is 2.50 bits per heavy atom. The average molecular weight is 201 g/mol. The Labute approximate surface area is 81.4 Å². The molecule has 2 nitrogen and oxygen atoms in total. The van der Waals surface area contributed by atoms with Gasteiger partial charge in [-0.05, 0) is 24.1 Å². The van der Waals surface area contributed by atoms with Crippen LogP contribution in [0.15, 0.2) is 18.2 Å². The molecule has 0 saturated heterocycles. The summed E-state index contributed by atoms with van der Waals surface area (Å²) in [7, 11) is 0. The fraction of sp³-hybridized carbons (Fsp3) is 0.400. The third-order valence-electron chi connectivity index (χ3n) is 2.16. The van der Waals surface area contributed by atoms with Crippen LogP contribution in [0.25, 0.3) is 0 Å². The second-order valence-electron chi connectivity index (χ2n) is 3.17. The molecule has 0 aliphatic heterocycles. The van der Waals surface area contributed by atoms with Gasteiger partial charge in [-0.2, -0.15) is 0 Å². The van der Waals surface area contributed by atoms with Crippen molar-refractivity contribution in [3.05, 3.63) is 35.4 Å². The zero-order chi connectivity index (χ0) is 10.7. The van der Waals surface area contributed by atoms with Gasteiger partial charge >= 0.3 is 0 Å². The molecule has 0 saturated carbocycles. The van der Waals surface area contributed by atoms with Crippen LogP contribution in [0.3, 0.4) is 0 Å². The van der Waals surface area contributed by atoms with Gasteiger partial charge in [-0.25, -0.2) is 8.78 Å². The minimum Gasteiger partial charge on any atom is -0.391 e. The summed E-state index contributed by atoms with van der Waals surface area (Å²) >= 11 is 0. The molecule has 4 heteroatoms. The quantitative estimate of drug-likeness (QED) is 0.782. The van der Waals surface area contributed by atoms with E-state index >= 15 is 0 Å². The Morgan fingerprint density at radius 1 is 1.36 bits per heavy atom. The molecule has 2 atom stereocenters. The maximum atomic E-state index is 12.8. The van der Waals surface area contributed by atoms with Gasteiger partial charge in [0.1, 0.15) is 0 Å². The fourth-order valence-electron chi connectivity index (χ4n) is 1.20. The second kappa shape index (κ2) is 4.48. The summed E-state index contributed by atoms with van der Waals surface area (Å²) in [4.78, 5) is 0. The van der Waals surface area contributed by atoms with Crippen LogP contribution < -0.4 is 5.73 Å². The molecule has 0 amide bonds. The van der Waals surface area contributed by atoms with Crippen LogP contribution in [-0.4, -0.2) is 11.2 Å². The van der Waals surface area contributed by atoms with Gasteiger partial charge in [0, 0.05) is 0 Å². The molecule has 0 spiro atoms. The van der Waals surface area contributed by atoms with Gasteiger partial charge < -0.3 is 10.8 Å². The topological polar surface area (TPSA) is 46.2 Å². The lowest BCUT2D eigenvalue weighted by Crippen LogP contribution is -2.25. The lowest BCUT2D eigenvalue weighted by Gasteiger charge is -2.17. The third kappa shape index (κ3) is 2.27. The first kappa shape index (κ1) is 11.1.